The van der Waals surface area contributed by atoms with E-state index in [0.29, 0.717) is 37.5 Å². The maximum atomic E-state index is 14.9. The molecule has 1 amide bonds. The number of carbonyl (C=O) groups excluding carboxylic acids is 1. The van der Waals surface area contributed by atoms with Gasteiger partial charge in [0.25, 0.3) is 0 Å². The fraction of sp³-hybridized carbons (Fsp3) is 0.542. The third-order valence-corrected chi connectivity index (χ3v) is 7.99. The molecule has 2 unspecified atom stereocenters. The molecule has 0 saturated carbocycles. The Morgan fingerprint density at radius 1 is 1.17 bits per heavy atom. The van der Waals surface area contributed by atoms with E-state index in [2.05, 4.69) is 9.97 Å². The monoisotopic (exact) mass is 504 g/mol. The molecule has 0 aliphatic carbocycles. The Kier molecular flexibility index (Phi) is 6.06. The molecule has 0 N–H and O–H groups in total. The molecule has 3 aliphatic rings. The Hall–Kier alpha value is -2.95. The van der Waals surface area contributed by atoms with E-state index in [1.165, 1.54) is 18.5 Å². The van der Waals surface area contributed by atoms with Crippen LogP contribution in [0.5, 0.6) is 5.88 Å². The van der Waals surface area contributed by atoms with Crippen molar-refractivity contribution in [1.82, 2.24) is 14.9 Å². The zero-order valence-corrected chi connectivity index (χ0v) is 20.8. The summed E-state index contributed by atoms with van der Waals surface area (Å²) >= 11 is 0. The maximum absolute atomic E-state index is 14.9. The van der Waals surface area contributed by atoms with E-state index in [-0.39, 0.29) is 41.0 Å². The summed E-state index contributed by atoms with van der Waals surface area (Å²) in [6, 6.07) is 4.07. The molecule has 188 valence electrons. The molecule has 2 saturated heterocycles. The van der Waals surface area contributed by atoms with Gasteiger partial charge in [0.05, 0.1) is 22.3 Å². The Morgan fingerprint density at radius 3 is 2.51 bits per heavy atom. The fourth-order valence-corrected chi connectivity index (χ4v) is 6.02. The van der Waals surface area contributed by atoms with Crippen molar-refractivity contribution in [2.45, 2.75) is 75.1 Å². The van der Waals surface area contributed by atoms with Crippen LogP contribution in [0.4, 0.5) is 20.7 Å². The molecule has 5 rings (SSSR count). The highest BCUT2D eigenvalue weighted by Gasteiger charge is 2.45. The molecule has 2 aromatic rings. The quantitative estimate of drug-likeness (QED) is 0.608. The van der Waals surface area contributed by atoms with Gasteiger partial charge in [0.15, 0.2) is 9.84 Å². The summed E-state index contributed by atoms with van der Waals surface area (Å²) < 4.78 is 50.1. The normalized spacial score (nSPS) is 23.5. The average Bonchev–Trinajstić information content (AvgIpc) is 3.32. The van der Waals surface area contributed by atoms with Gasteiger partial charge in [0.1, 0.15) is 24.1 Å². The number of piperidine rings is 1. The number of carbonyl (C=O) groups is 1. The largest absolute Gasteiger partial charge is 0.474 e. The summed E-state index contributed by atoms with van der Waals surface area (Å²) in [5.74, 6) is 0.411. The van der Waals surface area contributed by atoms with Gasteiger partial charge in [-0.2, -0.15) is 0 Å². The molecular formula is C24H29FN4O5S. The number of aromatic nitrogens is 2. The minimum Gasteiger partial charge on any atom is -0.474 e. The number of halogens is 1. The first-order valence-corrected chi connectivity index (χ1v) is 13.8. The topological polar surface area (TPSA) is 102 Å². The fourth-order valence-electron chi connectivity index (χ4n) is 5.38. The standard InChI is InChI=1S/C24H29FN4O5S/c1-14(2)33-24(30)29-15-4-5-16(29)11-17(10-15)34-23-19-8-9-28(22(19)26-13-27-23)21-7-6-18(12-20(21)25)35(3,31)32/h6-7,12-17H,4-5,8-11H2,1-3H3. The number of ether oxygens (including phenoxy) is 2. The van der Waals surface area contributed by atoms with Crippen molar-refractivity contribution in [2.75, 3.05) is 17.7 Å². The number of benzene rings is 1. The number of fused-ring (bicyclic) bond motifs is 3. The lowest BCUT2D eigenvalue weighted by Gasteiger charge is -2.38. The van der Waals surface area contributed by atoms with Crippen molar-refractivity contribution in [2.24, 2.45) is 0 Å². The number of sulfone groups is 1. The Labute approximate surface area is 204 Å². The first-order chi connectivity index (χ1) is 16.6. The van der Waals surface area contributed by atoms with E-state index in [0.717, 1.165) is 30.7 Å². The van der Waals surface area contributed by atoms with E-state index in [4.69, 9.17) is 9.47 Å². The third kappa shape index (κ3) is 4.53. The van der Waals surface area contributed by atoms with Crippen molar-refractivity contribution in [3.8, 4) is 5.88 Å². The zero-order valence-electron chi connectivity index (χ0n) is 20.0. The number of rotatable bonds is 5. The molecule has 1 aromatic carbocycles. The van der Waals surface area contributed by atoms with Crippen LogP contribution >= 0.6 is 0 Å². The number of amides is 1. The highest BCUT2D eigenvalue weighted by Crippen LogP contribution is 2.41. The predicted octanol–water partition coefficient (Wildman–Crippen LogP) is 3.63. The summed E-state index contributed by atoms with van der Waals surface area (Å²) in [5, 5.41) is 0. The molecule has 4 heterocycles. The molecule has 2 bridgehead atoms. The van der Waals surface area contributed by atoms with Gasteiger partial charge in [-0.15, -0.1) is 0 Å². The predicted molar refractivity (Wildman–Crippen MR) is 126 cm³/mol. The Morgan fingerprint density at radius 2 is 1.89 bits per heavy atom. The second-order valence-corrected chi connectivity index (χ2v) is 11.7. The molecule has 0 spiro atoms. The highest BCUT2D eigenvalue weighted by atomic mass is 32.2. The lowest BCUT2D eigenvalue weighted by atomic mass is 10.00. The van der Waals surface area contributed by atoms with Gasteiger partial charge in [-0.05, 0) is 51.3 Å². The van der Waals surface area contributed by atoms with Gasteiger partial charge < -0.3 is 19.3 Å². The molecular weight excluding hydrogens is 475 g/mol. The average molecular weight is 505 g/mol. The zero-order chi connectivity index (χ0) is 24.9. The lowest BCUT2D eigenvalue weighted by molar-refractivity contribution is 0.0206. The summed E-state index contributed by atoms with van der Waals surface area (Å²) in [6.07, 6.45) is 5.78. The third-order valence-electron chi connectivity index (χ3n) is 6.88. The van der Waals surface area contributed by atoms with Gasteiger partial charge >= 0.3 is 6.09 Å². The summed E-state index contributed by atoms with van der Waals surface area (Å²) in [7, 11) is -3.51. The summed E-state index contributed by atoms with van der Waals surface area (Å²) in [4.78, 5) is 24.8. The van der Waals surface area contributed by atoms with Crippen LogP contribution in [0.1, 0.15) is 45.1 Å². The van der Waals surface area contributed by atoms with Crippen molar-refractivity contribution >= 4 is 27.4 Å². The van der Waals surface area contributed by atoms with Crippen LogP contribution in [0.2, 0.25) is 0 Å². The SMILES string of the molecule is CC(C)OC(=O)N1C2CCC1CC(Oc1ncnc3c1CCN3c1ccc(S(C)(=O)=O)cc1F)C2. The van der Waals surface area contributed by atoms with Crippen molar-refractivity contribution in [3.63, 3.8) is 0 Å². The van der Waals surface area contributed by atoms with Gasteiger partial charge in [-0.3, -0.25) is 0 Å². The van der Waals surface area contributed by atoms with Gasteiger partial charge in [0, 0.05) is 37.7 Å². The lowest BCUT2D eigenvalue weighted by Crippen LogP contribution is -2.50. The Bertz CT molecular complexity index is 1240. The van der Waals surface area contributed by atoms with Crippen LogP contribution in [0.3, 0.4) is 0 Å². The van der Waals surface area contributed by atoms with Crippen LogP contribution in [-0.2, 0) is 21.0 Å². The molecule has 0 radical (unpaired) electrons. The van der Waals surface area contributed by atoms with E-state index >= 15 is 0 Å². The van der Waals surface area contributed by atoms with E-state index in [1.54, 1.807) is 4.90 Å². The van der Waals surface area contributed by atoms with E-state index in [1.807, 2.05) is 18.7 Å². The molecule has 1 aromatic heterocycles. The van der Waals surface area contributed by atoms with E-state index in [9.17, 15) is 17.6 Å². The first kappa shape index (κ1) is 23.8. The molecule has 2 atom stereocenters. The number of anilines is 2. The first-order valence-electron chi connectivity index (χ1n) is 11.9. The van der Waals surface area contributed by atoms with Crippen molar-refractivity contribution < 1.29 is 27.1 Å². The molecule has 3 aliphatic heterocycles. The Balaban J connectivity index is 1.33. The number of hydrogen-bond donors (Lipinski definition) is 0. The van der Waals surface area contributed by atoms with E-state index < -0.39 is 15.7 Å². The highest BCUT2D eigenvalue weighted by molar-refractivity contribution is 7.90. The van der Waals surface area contributed by atoms with Crippen molar-refractivity contribution in [3.05, 3.63) is 35.9 Å². The van der Waals surface area contributed by atoms with Crippen molar-refractivity contribution in [1.29, 1.82) is 0 Å². The summed E-state index contributed by atoms with van der Waals surface area (Å²) in [5.41, 5.74) is 1.06. The van der Waals surface area contributed by atoms with Crippen LogP contribution in [0.15, 0.2) is 29.4 Å². The van der Waals surface area contributed by atoms with Gasteiger partial charge in [-0.25, -0.2) is 27.6 Å². The second-order valence-electron chi connectivity index (χ2n) is 9.70. The number of hydrogen-bond acceptors (Lipinski definition) is 8. The second kappa shape index (κ2) is 8.92. The number of nitrogens with zero attached hydrogens (tertiary/aromatic N) is 4. The van der Waals surface area contributed by atoms with Gasteiger partial charge in [-0.1, -0.05) is 0 Å². The van der Waals surface area contributed by atoms with Crippen LogP contribution < -0.4 is 9.64 Å². The maximum Gasteiger partial charge on any atom is 0.410 e. The van der Waals surface area contributed by atoms with Crippen LogP contribution in [-0.4, -0.2) is 66.5 Å². The minimum atomic E-state index is -3.51. The molecule has 2 fully saturated rings. The molecule has 9 nitrogen and oxygen atoms in total. The summed E-state index contributed by atoms with van der Waals surface area (Å²) in [6.45, 7) is 4.17. The minimum absolute atomic E-state index is 0.0665. The molecule has 11 heteroatoms. The van der Waals surface area contributed by atoms with Gasteiger partial charge in [0.2, 0.25) is 5.88 Å². The smallest absolute Gasteiger partial charge is 0.410 e. The molecule has 35 heavy (non-hydrogen) atoms. The van der Waals surface area contributed by atoms with Crippen LogP contribution in [0, 0.1) is 5.82 Å². The van der Waals surface area contributed by atoms with Crippen LogP contribution in [0.25, 0.3) is 0 Å².